The first-order valence-corrected chi connectivity index (χ1v) is 8.55. The van der Waals surface area contributed by atoms with Gasteiger partial charge in [-0.15, -0.1) is 0 Å². The minimum atomic E-state index is -0.212. The molecule has 128 valence electrons. The molecule has 1 saturated heterocycles. The first kappa shape index (κ1) is 16.6. The fourth-order valence-corrected chi connectivity index (χ4v) is 3.50. The number of amides is 1. The molecule has 1 amide bonds. The molecule has 24 heavy (non-hydrogen) atoms. The van der Waals surface area contributed by atoms with E-state index >= 15 is 0 Å². The third kappa shape index (κ3) is 3.16. The van der Waals surface area contributed by atoms with Crippen molar-refractivity contribution < 1.29 is 14.3 Å². The molecular weight excluding hydrogens is 304 g/mol. The molecule has 1 aliphatic rings. The minimum absolute atomic E-state index is 0.0442. The average Bonchev–Trinajstić information content (AvgIpc) is 2.99. The van der Waals surface area contributed by atoms with Gasteiger partial charge in [-0.1, -0.05) is 6.07 Å². The summed E-state index contributed by atoms with van der Waals surface area (Å²) in [6.07, 6.45) is 1.61. The van der Waals surface area contributed by atoms with Crippen LogP contribution >= 0.6 is 0 Å². The van der Waals surface area contributed by atoms with Crippen LogP contribution in [-0.4, -0.2) is 41.5 Å². The van der Waals surface area contributed by atoms with E-state index in [9.17, 15) is 9.59 Å². The summed E-state index contributed by atoms with van der Waals surface area (Å²) in [4.78, 5) is 29.8. The summed E-state index contributed by atoms with van der Waals surface area (Å²) in [6, 6.07) is 6.08. The maximum Gasteiger partial charge on any atom is 0.310 e. The number of piperidine rings is 1. The highest BCUT2D eigenvalue weighted by atomic mass is 16.5. The Morgan fingerprint density at radius 2 is 2.08 bits per heavy atom. The number of aromatic amines is 1. The second-order valence-corrected chi connectivity index (χ2v) is 6.57. The van der Waals surface area contributed by atoms with Gasteiger partial charge in [-0.05, 0) is 56.9 Å². The first-order chi connectivity index (χ1) is 11.5. The quantitative estimate of drug-likeness (QED) is 0.880. The predicted octanol–water partition coefficient (Wildman–Crippen LogP) is 3.20. The van der Waals surface area contributed by atoms with Gasteiger partial charge in [-0.25, -0.2) is 0 Å². The van der Waals surface area contributed by atoms with E-state index in [-0.39, 0.29) is 17.8 Å². The monoisotopic (exact) mass is 328 g/mol. The number of carbonyl (C=O) groups excluding carboxylic acids is 2. The van der Waals surface area contributed by atoms with Gasteiger partial charge in [0, 0.05) is 24.0 Å². The third-order valence-corrected chi connectivity index (χ3v) is 4.65. The van der Waals surface area contributed by atoms with Crippen LogP contribution in [0, 0.1) is 19.8 Å². The van der Waals surface area contributed by atoms with Crippen molar-refractivity contribution in [3.05, 3.63) is 35.0 Å². The number of rotatable bonds is 3. The lowest BCUT2D eigenvalue weighted by Gasteiger charge is -2.31. The van der Waals surface area contributed by atoms with Crippen LogP contribution in [0.4, 0.5) is 0 Å². The Hall–Kier alpha value is -2.30. The number of benzene rings is 1. The van der Waals surface area contributed by atoms with E-state index in [1.807, 2.05) is 13.0 Å². The maximum absolute atomic E-state index is 12.8. The van der Waals surface area contributed by atoms with E-state index in [1.165, 1.54) is 5.56 Å². The molecule has 0 spiro atoms. The third-order valence-electron chi connectivity index (χ3n) is 4.65. The minimum Gasteiger partial charge on any atom is -0.466 e. The van der Waals surface area contributed by atoms with Crippen LogP contribution in [0.15, 0.2) is 18.2 Å². The number of carbonyl (C=O) groups is 2. The molecule has 1 aromatic heterocycles. The lowest BCUT2D eigenvalue weighted by Crippen LogP contribution is -2.42. The number of hydrogen-bond donors (Lipinski definition) is 1. The fourth-order valence-electron chi connectivity index (χ4n) is 3.50. The summed E-state index contributed by atoms with van der Waals surface area (Å²) < 4.78 is 5.11. The number of hydrogen-bond acceptors (Lipinski definition) is 3. The van der Waals surface area contributed by atoms with Crippen molar-refractivity contribution in [3.63, 3.8) is 0 Å². The Bertz CT molecular complexity index is 778. The summed E-state index contributed by atoms with van der Waals surface area (Å²) in [6.45, 7) is 7.40. The molecule has 2 heterocycles. The standard InChI is InChI=1S/C19H24N2O3/c1-4-24-19(23)14-6-5-7-21(11-14)18(22)17-10-15-13(3)8-12(2)9-16(15)20-17/h8-10,14,20H,4-7,11H2,1-3H3. The molecule has 1 atom stereocenters. The fraction of sp³-hybridized carbons (Fsp3) is 0.474. The van der Waals surface area contributed by atoms with Crippen LogP contribution in [0.2, 0.25) is 0 Å². The van der Waals surface area contributed by atoms with Crippen LogP contribution in [0.3, 0.4) is 0 Å². The Kier molecular flexibility index (Phi) is 4.60. The number of nitrogens with one attached hydrogen (secondary N) is 1. The van der Waals surface area contributed by atoms with E-state index in [4.69, 9.17) is 4.74 Å². The van der Waals surface area contributed by atoms with Gasteiger partial charge in [-0.2, -0.15) is 0 Å². The number of fused-ring (bicyclic) bond motifs is 1. The van der Waals surface area contributed by atoms with Crippen LogP contribution in [0.25, 0.3) is 10.9 Å². The molecule has 1 aliphatic heterocycles. The smallest absolute Gasteiger partial charge is 0.310 e. The number of aryl methyl sites for hydroxylation is 2. The van der Waals surface area contributed by atoms with Gasteiger partial charge < -0.3 is 14.6 Å². The lowest BCUT2D eigenvalue weighted by molar-refractivity contribution is -0.149. The molecule has 1 N–H and O–H groups in total. The molecular formula is C19H24N2O3. The van der Waals surface area contributed by atoms with Crippen LogP contribution in [0.1, 0.15) is 41.4 Å². The first-order valence-electron chi connectivity index (χ1n) is 8.55. The van der Waals surface area contributed by atoms with Crippen molar-refractivity contribution in [2.75, 3.05) is 19.7 Å². The highest BCUT2D eigenvalue weighted by molar-refractivity contribution is 5.99. The van der Waals surface area contributed by atoms with Crippen molar-refractivity contribution >= 4 is 22.8 Å². The Morgan fingerprint density at radius 3 is 2.83 bits per heavy atom. The molecule has 3 rings (SSSR count). The number of likely N-dealkylation sites (tertiary alicyclic amines) is 1. The summed E-state index contributed by atoms with van der Waals surface area (Å²) in [5.74, 6) is -0.452. The molecule has 1 aromatic carbocycles. The van der Waals surface area contributed by atoms with Crippen molar-refractivity contribution in [3.8, 4) is 0 Å². The molecule has 0 bridgehead atoms. The zero-order valence-electron chi connectivity index (χ0n) is 14.5. The Balaban J connectivity index is 1.81. The SMILES string of the molecule is CCOC(=O)C1CCCN(C(=O)c2cc3c(C)cc(C)cc3[nH]2)C1. The number of esters is 1. The summed E-state index contributed by atoms with van der Waals surface area (Å²) in [5.41, 5.74) is 3.89. The van der Waals surface area contributed by atoms with E-state index in [0.717, 1.165) is 29.3 Å². The highest BCUT2D eigenvalue weighted by Crippen LogP contribution is 2.24. The number of H-pyrrole nitrogens is 1. The number of aromatic nitrogens is 1. The molecule has 2 aromatic rings. The zero-order valence-corrected chi connectivity index (χ0v) is 14.5. The zero-order chi connectivity index (χ0) is 17.3. The van der Waals surface area contributed by atoms with E-state index < -0.39 is 0 Å². The molecule has 1 unspecified atom stereocenters. The van der Waals surface area contributed by atoms with E-state index in [2.05, 4.69) is 24.0 Å². The van der Waals surface area contributed by atoms with Gasteiger partial charge in [0.1, 0.15) is 5.69 Å². The van der Waals surface area contributed by atoms with Gasteiger partial charge in [0.05, 0.1) is 12.5 Å². The summed E-state index contributed by atoms with van der Waals surface area (Å²) in [7, 11) is 0. The summed E-state index contributed by atoms with van der Waals surface area (Å²) >= 11 is 0. The topological polar surface area (TPSA) is 62.4 Å². The Labute approximate surface area is 142 Å². The van der Waals surface area contributed by atoms with Crippen molar-refractivity contribution in [1.29, 1.82) is 0 Å². The van der Waals surface area contributed by atoms with Crippen LogP contribution < -0.4 is 0 Å². The summed E-state index contributed by atoms with van der Waals surface area (Å²) in [5, 5.41) is 1.07. The lowest BCUT2D eigenvalue weighted by atomic mass is 9.98. The van der Waals surface area contributed by atoms with Gasteiger partial charge in [0.2, 0.25) is 0 Å². The van der Waals surface area contributed by atoms with Crippen LogP contribution in [0.5, 0.6) is 0 Å². The molecule has 0 saturated carbocycles. The largest absolute Gasteiger partial charge is 0.466 e. The highest BCUT2D eigenvalue weighted by Gasteiger charge is 2.30. The van der Waals surface area contributed by atoms with Gasteiger partial charge >= 0.3 is 5.97 Å². The Morgan fingerprint density at radius 1 is 1.29 bits per heavy atom. The second-order valence-electron chi connectivity index (χ2n) is 6.57. The molecule has 0 aliphatic carbocycles. The van der Waals surface area contributed by atoms with E-state index in [1.54, 1.807) is 11.8 Å². The maximum atomic E-state index is 12.8. The predicted molar refractivity (Wildman–Crippen MR) is 93.0 cm³/mol. The molecule has 5 heteroatoms. The molecule has 0 radical (unpaired) electrons. The van der Waals surface area contributed by atoms with Gasteiger partial charge in [-0.3, -0.25) is 9.59 Å². The van der Waals surface area contributed by atoms with Crippen molar-refractivity contribution in [2.24, 2.45) is 5.92 Å². The van der Waals surface area contributed by atoms with Crippen molar-refractivity contribution in [2.45, 2.75) is 33.6 Å². The molecule has 1 fully saturated rings. The van der Waals surface area contributed by atoms with Crippen LogP contribution in [-0.2, 0) is 9.53 Å². The molecule has 5 nitrogen and oxygen atoms in total. The second kappa shape index (κ2) is 6.67. The van der Waals surface area contributed by atoms with E-state index in [0.29, 0.717) is 25.4 Å². The van der Waals surface area contributed by atoms with Gasteiger partial charge in [0.15, 0.2) is 0 Å². The number of nitrogens with zero attached hydrogens (tertiary/aromatic N) is 1. The number of ether oxygens (including phenoxy) is 1. The average molecular weight is 328 g/mol. The normalized spacial score (nSPS) is 18.0. The van der Waals surface area contributed by atoms with Gasteiger partial charge in [0.25, 0.3) is 5.91 Å². The van der Waals surface area contributed by atoms with Crippen molar-refractivity contribution in [1.82, 2.24) is 9.88 Å².